The van der Waals surface area contributed by atoms with Crippen LogP contribution in [0.2, 0.25) is 0 Å². The minimum Gasteiger partial charge on any atom is -0.478 e. The Labute approximate surface area is 103 Å². The molecule has 0 aliphatic carbocycles. The van der Waals surface area contributed by atoms with Crippen molar-refractivity contribution >= 4 is 5.95 Å². The van der Waals surface area contributed by atoms with E-state index in [-0.39, 0.29) is 5.41 Å². The molecule has 0 aliphatic heterocycles. The number of hydrogen-bond acceptors (Lipinski definition) is 5. The molecule has 3 N–H and O–H groups in total. The van der Waals surface area contributed by atoms with Gasteiger partial charge in [-0.3, -0.25) is 0 Å². The molecule has 5 nitrogen and oxygen atoms in total. The van der Waals surface area contributed by atoms with Crippen molar-refractivity contribution in [1.82, 2.24) is 9.97 Å². The second-order valence-electron chi connectivity index (χ2n) is 4.71. The first kappa shape index (κ1) is 13.7. The van der Waals surface area contributed by atoms with Gasteiger partial charge in [-0.15, -0.1) is 0 Å². The maximum Gasteiger partial charge on any atom is 0.225 e. The van der Waals surface area contributed by atoms with Crippen molar-refractivity contribution in [3.63, 3.8) is 0 Å². The number of rotatable bonds is 7. The van der Waals surface area contributed by atoms with E-state index in [0.717, 1.165) is 13.0 Å². The van der Waals surface area contributed by atoms with E-state index in [9.17, 15) is 0 Å². The zero-order chi connectivity index (χ0) is 12.7. The second kappa shape index (κ2) is 6.39. The Morgan fingerprint density at radius 1 is 1.47 bits per heavy atom. The molecule has 0 saturated heterocycles. The van der Waals surface area contributed by atoms with Gasteiger partial charge >= 0.3 is 0 Å². The minimum absolute atomic E-state index is 0.139. The Hall–Kier alpha value is -1.36. The van der Waals surface area contributed by atoms with E-state index >= 15 is 0 Å². The lowest BCUT2D eigenvalue weighted by molar-refractivity contribution is 0.326. The van der Waals surface area contributed by atoms with Crippen LogP contribution in [0.1, 0.15) is 27.2 Å². The van der Waals surface area contributed by atoms with Crippen molar-refractivity contribution in [1.29, 1.82) is 0 Å². The number of aromatic nitrogens is 2. The highest BCUT2D eigenvalue weighted by Gasteiger charge is 2.16. The van der Waals surface area contributed by atoms with Crippen molar-refractivity contribution in [2.45, 2.75) is 27.2 Å². The van der Waals surface area contributed by atoms with Crippen LogP contribution in [0.4, 0.5) is 5.95 Å². The summed E-state index contributed by atoms with van der Waals surface area (Å²) in [7, 11) is 0. The van der Waals surface area contributed by atoms with Crippen molar-refractivity contribution in [3.05, 3.63) is 12.3 Å². The van der Waals surface area contributed by atoms with Gasteiger partial charge in [0.1, 0.15) is 0 Å². The van der Waals surface area contributed by atoms with Crippen molar-refractivity contribution in [2.75, 3.05) is 25.0 Å². The van der Waals surface area contributed by atoms with Gasteiger partial charge in [-0.25, -0.2) is 4.98 Å². The molecule has 1 heterocycles. The Morgan fingerprint density at radius 3 is 2.88 bits per heavy atom. The Balaban J connectivity index is 2.53. The van der Waals surface area contributed by atoms with Gasteiger partial charge in [0.15, 0.2) is 0 Å². The summed E-state index contributed by atoms with van der Waals surface area (Å²) >= 11 is 0. The molecule has 5 heteroatoms. The highest BCUT2D eigenvalue weighted by atomic mass is 16.5. The average Bonchev–Trinajstić information content (AvgIpc) is 2.28. The van der Waals surface area contributed by atoms with Crippen LogP contribution >= 0.6 is 0 Å². The molecule has 0 aromatic carbocycles. The standard InChI is InChI=1S/C12H22N4O/c1-4-17-10-5-8-14-11(16-10)15-9-12(2,3)6-7-13/h5,8H,4,6-7,9,13H2,1-3H3,(H,14,15,16). The first-order valence-electron chi connectivity index (χ1n) is 5.97. The lowest BCUT2D eigenvalue weighted by Gasteiger charge is -2.24. The van der Waals surface area contributed by atoms with E-state index in [1.165, 1.54) is 0 Å². The molecular formula is C12H22N4O. The van der Waals surface area contributed by atoms with E-state index in [4.69, 9.17) is 10.5 Å². The van der Waals surface area contributed by atoms with Gasteiger partial charge < -0.3 is 15.8 Å². The number of hydrogen-bond donors (Lipinski definition) is 2. The summed E-state index contributed by atoms with van der Waals surface area (Å²) in [6.07, 6.45) is 2.65. The fourth-order valence-corrected chi connectivity index (χ4v) is 1.45. The van der Waals surface area contributed by atoms with Crippen LogP contribution in [0.3, 0.4) is 0 Å². The predicted molar refractivity (Wildman–Crippen MR) is 69.1 cm³/mol. The molecule has 1 rings (SSSR count). The minimum atomic E-state index is 0.139. The van der Waals surface area contributed by atoms with Crippen molar-refractivity contribution in [2.24, 2.45) is 11.1 Å². The van der Waals surface area contributed by atoms with Gasteiger partial charge in [0.05, 0.1) is 6.61 Å². The fraction of sp³-hybridized carbons (Fsp3) is 0.667. The van der Waals surface area contributed by atoms with Gasteiger partial charge in [0.25, 0.3) is 0 Å². The SMILES string of the molecule is CCOc1ccnc(NCC(C)(C)CCN)n1. The monoisotopic (exact) mass is 238 g/mol. The van der Waals surface area contributed by atoms with Crippen LogP contribution in [0.15, 0.2) is 12.3 Å². The van der Waals surface area contributed by atoms with E-state index in [0.29, 0.717) is 25.0 Å². The van der Waals surface area contributed by atoms with Crippen molar-refractivity contribution in [3.8, 4) is 5.88 Å². The van der Waals surface area contributed by atoms with Gasteiger partial charge in [-0.05, 0) is 25.3 Å². The lowest BCUT2D eigenvalue weighted by atomic mass is 9.89. The summed E-state index contributed by atoms with van der Waals surface area (Å²) in [5.41, 5.74) is 5.71. The highest BCUT2D eigenvalue weighted by Crippen LogP contribution is 2.19. The number of nitrogens with zero attached hydrogens (tertiary/aromatic N) is 2. The summed E-state index contributed by atoms with van der Waals surface area (Å²) in [4.78, 5) is 8.40. The van der Waals surface area contributed by atoms with Crippen LogP contribution in [0.25, 0.3) is 0 Å². The second-order valence-corrected chi connectivity index (χ2v) is 4.71. The average molecular weight is 238 g/mol. The molecule has 0 fully saturated rings. The zero-order valence-electron chi connectivity index (χ0n) is 10.9. The van der Waals surface area contributed by atoms with E-state index < -0.39 is 0 Å². The topological polar surface area (TPSA) is 73.1 Å². The molecule has 0 bridgehead atoms. The summed E-state index contributed by atoms with van der Waals surface area (Å²) in [5.74, 6) is 1.20. The van der Waals surface area contributed by atoms with Crippen LogP contribution in [-0.2, 0) is 0 Å². The number of nitrogens with two attached hydrogens (primary N) is 1. The summed E-state index contributed by atoms with van der Waals surface area (Å²) < 4.78 is 5.31. The largest absolute Gasteiger partial charge is 0.478 e. The molecule has 0 spiro atoms. The molecule has 0 amide bonds. The molecule has 96 valence electrons. The molecule has 0 aliphatic rings. The van der Waals surface area contributed by atoms with Gasteiger partial charge in [0.2, 0.25) is 11.8 Å². The molecule has 0 radical (unpaired) electrons. The normalized spacial score (nSPS) is 11.3. The Bertz CT molecular complexity index is 341. The molecule has 0 atom stereocenters. The van der Waals surface area contributed by atoms with E-state index in [1.54, 1.807) is 12.3 Å². The third kappa shape index (κ3) is 4.99. The summed E-state index contributed by atoms with van der Waals surface area (Å²) in [6.45, 7) is 8.35. The van der Waals surface area contributed by atoms with Gasteiger partial charge in [-0.1, -0.05) is 13.8 Å². The smallest absolute Gasteiger partial charge is 0.225 e. The highest BCUT2D eigenvalue weighted by molar-refractivity contribution is 5.27. The zero-order valence-corrected chi connectivity index (χ0v) is 10.9. The molecule has 1 aromatic rings. The maximum atomic E-state index is 5.57. The quantitative estimate of drug-likeness (QED) is 0.756. The van der Waals surface area contributed by atoms with Crippen LogP contribution in [0, 0.1) is 5.41 Å². The molecular weight excluding hydrogens is 216 g/mol. The Morgan fingerprint density at radius 2 is 2.24 bits per heavy atom. The molecule has 1 aromatic heterocycles. The molecule has 17 heavy (non-hydrogen) atoms. The molecule has 0 unspecified atom stereocenters. The predicted octanol–water partition coefficient (Wildman–Crippen LogP) is 1.66. The Kier molecular flexibility index (Phi) is 5.15. The first-order chi connectivity index (χ1) is 8.07. The summed E-state index contributed by atoms with van der Waals surface area (Å²) in [5, 5.41) is 3.21. The maximum absolute atomic E-state index is 5.57. The number of ether oxygens (including phenoxy) is 1. The third-order valence-electron chi connectivity index (χ3n) is 2.47. The van der Waals surface area contributed by atoms with E-state index in [1.807, 2.05) is 6.92 Å². The van der Waals surface area contributed by atoms with Crippen LogP contribution < -0.4 is 15.8 Å². The van der Waals surface area contributed by atoms with Crippen LogP contribution in [0.5, 0.6) is 5.88 Å². The van der Waals surface area contributed by atoms with Crippen molar-refractivity contribution < 1.29 is 4.74 Å². The third-order valence-corrected chi connectivity index (χ3v) is 2.47. The summed E-state index contributed by atoms with van der Waals surface area (Å²) in [6, 6.07) is 1.75. The van der Waals surface area contributed by atoms with E-state index in [2.05, 4.69) is 29.1 Å². The molecule has 0 saturated carbocycles. The number of anilines is 1. The van der Waals surface area contributed by atoms with Gasteiger partial charge in [0, 0.05) is 18.8 Å². The van der Waals surface area contributed by atoms with Gasteiger partial charge in [-0.2, -0.15) is 4.98 Å². The van der Waals surface area contributed by atoms with Crippen LogP contribution in [-0.4, -0.2) is 29.7 Å². The number of nitrogens with one attached hydrogen (secondary N) is 1. The fourth-order valence-electron chi connectivity index (χ4n) is 1.45. The lowest BCUT2D eigenvalue weighted by Crippen LogP contribution is -2.26. The first-order valence-corrected chi connectivity index (χ1v) is 5.97.